The van der Waals surface area contributed by atoms with Gasteiger partial charge in [0.15, 0.2) is 5.78 Å². The Hall–Kier alpha value is -3.68. The molecule has 2 rings (SSSR count). The van der Waals surface area contributed by atoms with Gasteiger partial charge in [-0.1, -0.05) is 49.6 Å². The molecule has 1 aromatic carbocycles. The van der Waals surface area contributed by atoms with Crippen molar-refractivity contribution in [3.8, 4) is 0 Å². The molecule has 3 N–H and O–H groups in total. The first kappa shape index (κ1) is 32.5. The van der Waals surface area contributed by atoms with Crippen LogP contribution in [-0.4, -0.2) is 83.7 Å². The van der Waals surface area contributed by atoms with Gasteiger partial charge in [-0.2, -0.15) is 13.2 Å². The number of aliphatic carboxylic acids is 1. The van der Waals surface area contributed by atoms with Crippen molar-refractivity contribution in [1.29, 1.82) is 0 Å². The summed E-state index contributed by atoms with van der Waals surface area (Å²) in [6, 6.07) is 5.82. The molecule has 11 nitrogen and oxygen atoms in total. The summed E-state index contributed by atoms with van der Waals surface area (Å²) in [5, 5.41) is 13.6. The number of carboxylic acid groups (broad SMARTS) is 1. The summed E-state index contributed by atoms with van der Waals surface area (Å²) in [5.74, 6) is -4.20. The van der Waals surface area contributed by atoms with Crippen LogP contribution in [0.25, 0.3) is 0 Å². The summed E-state index contributed by atoms with van der Waals surface area (Å²) in [5.41, 5.74) is 0.767. The number of Topliss-reactive ketones (excluding diaryl/α,β-unsaturated/α-hetero) is 1. The van der Waals surface area contributed by atoms with E-state index in [1.54, 1.807) is 24.3 Å². The number of benzene rings is 1. The molecule has 1 aliphatic carbocycles. The van der Waals surface area contributed by atoms with Crippen LogP contribution in [0.1, 0.15) is 51.0 Å². The van der Waals surface area contributed by atoms with Crippen molar-refractivity contribution in [2.75, 3.05) is 19.8 Å². The van der Waals surface area contributed by atoms with E-state index < -0.39 is 74.1 Å². The van der Waals surface area contributed by atoms with Crippen molar-refractivity contribution in [2.24, 2.45) is 0 Å². The maximum Gasteiger partial charge on any atom is 0.411 e. The van der Waals surface area contributed by atoms with Gasteiger partial charge >= 0.3 is 18.2 Å². The van der Waals surface area contributed by atoms with Crippen LogP contribution in [-0.2, 0) is 35.3 Å². The lowest BCUT2D eigenvalue weighted by Crippen LogP contribution is -2.54. The van der Waals surface area contributed by atoms with E-state index >= 15 is 0 Å². The van der Waals surface area contributed by atoms with E-state index in [-0.39, 0.29) is 12.6 Å². The number of halogens is 3. The molecule has 0 aliphatic heterocycles. The van der Waals surface area contributed by atoms with E-state index in [0.717, 1.165) is 24.8 Å². The van der Waals surface area contributed by atoms with Crippen molar-refractivity contribution in [3.63, 3.8) is 0 Å². The number of alkyl halides is 3. The van der Waals surface area contributed by atoms with Crippen molar-refractivity contribution in [2.45, 2.75) is 76.4 Å². The molecule has 0 radical (unpaired) electrons. The summed E-state index contributed by atoms with van der Waals surface area (Å²) in [4.78, 5) is 62.9. The summed E-state index contributed by atoms with van der Waals surface area (Å²) >= 11 is 0. The van der Waals surface area contributed by atoms with Crippen LogP contribution in [0.5, 0.6) is 0 Å². The number of ether oxygens (including phenoxy) is 2. The minimum absolute atomic E-state index is 0.00893. The molecular formula is C26H34F3N3O8. The minimum atomic E-state index is -4.69. The quantitative estimate of drug-likeness (QED) is 0.307. The first-order chi connectivity index (χ1) is 18.9. The molecule has 1 aromatic rings. The molecule has 1 saturated carbocycles. The third-order valence-electron chi connectivity index (χ3n) is 6.13. The molecule has 14 heteroatoms. The van der Waals surface area contributed by atoms with Crippen LogP contribution >= 0.6 is 0 Å². The van der Waals surface area contributed by atoms with Crippen LogP contribution in [0.15, 0.2) is 30.3 Å². The van der Waals surface area contributed by atoms with E-state index in [1.807, 2.05) is 6.07 Å². The number of rotatable bonds is 14. The van der Waals surface area contributed by atoms with Crippen LogP contribution in [0.2, 0.25) is 0 Å². The maximum atomic E-state index is 12.9. The Balaban J connectivity index is 1.97. The van der Waals surface area contributed by atoms with Gasteiger partial charge < -0.3 is 25.2 Å². The van der Waals surface area contributed by atoms with E-state index in [4.69, 9.17) is 9.84 Å². The Morgan fingerprint density at radius 1 is 1.05 bits per heavy atom. The van der Waals surface area contributed by atoms with Gasteiger partial charge in [0.25, 0.3) is 0 Å². The van der Waals surface area contributed by atoms with Crippen molar-refractivity contribution in [3.05, 3.63) is 35.9 Å². The molecule has 0 heterocycles. The molecule has 0 bridgehead atoms. The SMILES string of the molecule is C[C@H](NC(=O)CN(C(=O)OCc1ccccc1)C1CCCCC1)C(=O)N[C@@H](CC(=O)O)C(=O)COCC(F)(F)F. The van der Waals surface area contributed by atoms with E-state index in [9.17, 15) is 37.1 Å². The number of hydrogen-bond donors (Lipinski definition) is 3. The number of amides is 3. The normalized spacial score (nSPS) is 15.4. The van der Waals surface area contributed by atoms with Crippen molar-refractivity contribution < 1.29 is 51.7 Å². The fraction of sp³-hybridized carbons (Fsp3) is 0.577. The zero-order valence-corrected chi connectivity index (χ0v) is 22.1. The predicted molar refractivity (Wildman–Crippen MR) is 134 cm³/mol. The third-order valence-corrected chi connectivity index (χ3v) is 6.13. The van der Waals surface area contributed by atoms with E-state index in [0.29, 0.717) is 12.8 Å². The lowest BCUT2D eigenvalue weighted by molar-refractivity contribution is -0.176. The number of ketones is 1. The number of carbonyl (C=O) groups excluding carboxylic acids is 4. The molecule has 3 amide bonds. The number of carboxylic acids is 1. The average molecular weight is 574 g/mol. The molecule has 0 saturated heterocycles. The zero-order chi connectivity index (χ0) is 29.7. The zero-order valence-electron chi connectivity index (χ0n) is 22.1. The van der Waals surface area contributed by atoms with Crippen molar-refractivity contribution in [1.82, 2.24) is 15.5 Å². The van der Waals surface area contributed by atoms with Gasteiger partial charge in [-0.15, -0.1) is 0 Å². The fourth-order valence-electron chi connectivity index (χ4n) is 4.13. The number of nitrogens with zero attached hydrogens (tertiary/aromatic N) is 1. The molecular weight excluding hydrogens is 539 g/mol. The first-order valence-electron chi connectivity index (χ1n) is 12.8. The maximum absolute atomic E-state index is 12.9. The average Bonchev–Trinajstić information content (AvgIpc) is 2.90. The monoisotopic (exact) mass is 573 g/mol. The van der Waals surface area contributed by atoms with E-state index in [2.05, 4.69) is 15.4 Å². The van der Waals surface area contributed by atoms with Crippen LogP contribution in [0.4, 0.5) is 18.0 Å². The Bertz CT molecular complexity index is 1020. The second-order valence-electron chi connectivity index (χ2n) is 9.48. The highest BCUT2D eigenvalue weighted by Gasteiger charge is 2.32. The molecule has 1 fully saturated rings. The second kappa shape index (κ2) is 15.8. The van der Waals surface area contributed by atoms with Gasteiger partial charge in [0.05, 0.1) is 6.42 Å². The highest BCUT2D eigenvalue weighted by molar-refractivity contribution is 5.95. The van der Waals surface area contributed by atoms with Crippen molar-refractivity contribution >= 4 is 29.7 Å². The molecule has 222 valence electrons. The molecule has 0 unspecified atom stereocenters. The Labute approximate surface area is 229 Å². The van der Waals surface area contributed by atoms with Gasteiger partial charge in [-0.3, -0.25) is 24.1 Å². The molecule has 40 heavy (non-hydrogen) atoms. The standard InChI is InChI=1S/C26H34F3N3O8/c1-17(24(37)31-20(12-23(35)36)21(33)15-39-16-26(27,28)29)30-22(34)13-32(19-10-6-3-7-11-19)25(38)40-14-18-8-4-2-5-9-18/h2,4-5,8-9,17,19-20H,3,6-7,10-16H2,1H3,(H,30,34)(H,31,37)(H,35,36)/t17-,20-/m0/s1. The largest absolute Gasteiger partial charge is 0.481 e. The van der Waals surface area contributed by atoms with Gasteiger partial charge in [0.1, 0.15) is 38.4 Å². The predicted octanol–water partition coefficient (Wildman–Crippen LogP) is 2.57. The summed E-state index contributed by atoms with van der Waals surface area (Å²) < 4.78 is 46.5. The van der Waals surface area contributed by atoms with Gasteiger partial charge in [-0.05, 0) is 25.3 Å². The Morgan fingerprint density at radius 2 is 1.70 bits per heavy atom. The summed E-state index contributed by atoms with van der Waals surface area (Å²) in [6.45, 7) is -1.91. The van der Waals surface area contributed by atoms with Gasteiger partial charge in [0.2, 0.25) is 11.8 Å². The van der Waals surface area contributed by atoms with Gasteiger partial charge in [0, 0.05) is 6.04 Å². The Kier molecular flexibility index (Phi) is 12.8. The molecule has 1 aliphatic rings. The Morgan fingerprint density at radius 3 is 2.30 bits per heavy atom. The van der Waals surface area contributed by atoms with Crippen LogP contribution < -0.4 is 10.6 Å². The number of carbonyl (C=O) groups is 5. The summed E-state index contributed by atoms with van der Waals surface area (Å²) in [6.07, 6.45) is -2.16. The lowest BCUT2D eigenvalue weighted by Gasteiger charge is -2.33. The highest BCUT2D eigenvalue weighted by Crippen LogP contribution is 2.23. The third kappa shape index (κ3) is 12.0. The van der Waals surface area contributed by atoms with Gasteiger partial charge in [-0.25, -0.2) is 4.79 Å². The number of hydrogen-bond acceptors (Lipinski definition) is 7. The fourth-order valence-corrected chi connectivity index (χ4v) is 4.13. The second-order valence-corrected chi connectivity index (χ2v) is 9.48. The highest BCUT2D eigenvalue weighted by atomic mass is 19.4. The lowest BCUT2D eigenvalue weighted by atomic mass is 9.94. The topological polar surface area (TPSA) is 151 Å². The smallest absolute Gasteiger partial charge is 0.411 e. The van der Waals surface area contributed by atoms with Crippen LogP contribution in [0.3, 0.4) is 0 Å². The number of nitrogens with one attached hydrogen (secondary N) is 2. The molecule has 0 spiro atoms. The molecule has 0 aromatic heterocycles. The van der Waals surface area contributed by atoms with E-state index in [1.165, 1.54) is 11.8 Å². The molecule has 2 atom stereocenters. The van der Waals surface area contributed by atoms with Crippen LogP contribution in [0, 0.1) is 0 Å². The minimum Gasteiger partial charge on any atom is -0.481 e. The summed E-state index contributed by atoms with van der Waals surface area (Å²) in [7, 11) is 0. The first-order valence-corrected chi connectivity index (χ1v) is 12.8.